The fourth-order valence-corrected chi connectivity index (χ4v) is 5.90. The lowest BCUT2D eigenvalue weighted by Gasteiger charge is -2.34. The Balaban J connectivity index is 1.47. The zero-order chi connectivity index (χ0) is 23.2. The highest BCUT2D eigenvalue weighted by Gasteiger charge is 2.62. The maximum absolute atomic E-state index is 13.2. The van der Waals surface area contributed by atoms with Crippen molar-refractivity contribution in [3.63, 3.8) is 0 Å². The molecule has 1 N–H and O–H groups in total. The number of rotatable bonds is 7. The molecule has 1 aliphatic carbocycles. The highest BCUT2D eigenvalue weighted by molar-refractivity contribution is 7.89. The van der Waals surface area contributed by atoms with Gasteiger partial charge in [-0.2, -0.15) is 8.78 Å². The van der Waals surface area contributed by atoms with Crippen LogP contribution in [0.1, 0.15) is 24.8 Å². The van der Waals surface area contributed by atoms with Gasteiger partial charge in [0.25, 0.3) is 15.9 Å². The predicted molar refractivity (Wildman–Crippen MR) is 119 cm³/mol. The number of hydrogen-bond acceptors (Lipinski definition) is 4. The third-order valence-electron chi connectivity index (χ3n) is 7.08. The molecule has 0 bridgehead atoms. The number of ether oxygens (including phenoxy) is 1. The van der Waals surface area contributed by atoms with Gasteiger partial charge in [-0.1, -0.05) is 54.6 Å². The van der Waals surface area contributed by atoms with Gasteiger partial charge in [0, 0.05) is 24.4 Å². The van der Waals surface area contributed by atoms with Crippen molar-refractivity contribution >= 4 is 15.9 Å². The summed E-state index contributed by atoms with van der Waals surface area (Å²) in [6, 6.07) is 16.3. The number of halogens is 2. The highest BCUT2D eigenvalue weighted by atomic mass is 32.2. The van der Waals surface area contributed by atoms with Gasteiger partial charge in [0.2, 0.25) is 0 Å². The number of benzene rings is 2. The van der Waals surface area contributed by atoms with Gasteiger partial charge in [-0.05, 0) is 36.0 Å². The van der Waals surface area contributed by atoms with E-state index in [1.165, 1.54) is 0 Å². The SMILES string of the molecule is O=C(C1CCO1)N1CC2(CC2)[C@H](NS(=O)(=O)C(F)F)[C@@H]1Cc1cccc(-c2ccccc2)c1. The summed E-state index contributed by atoms with van der Waals surface area (Å²) >= 11 is 0. The van der Waals surface area contributed by atoms with Gasteiger partial charge in [0.15, 0.2) is 0 Å². The first-order valence-corrected chi connectivity index (χ1v) is 12.7. The Bertz CT molecular complexity index is 1130. The highest BCUT2D eigenvalue weighted by Crippen LogP contribution is 2.56. The van der Waals surface area contributed by atoms with Crippen molar-refractivity contribution in [2.24, 2.45) is 5.41 Å². The molecule has 2 aromatic rings. The summed E-state index contributed by atoms with van der Waals surface area (Å²) in [5, 5.41) is 0. The Labute approximate surface area is 192 Å². The second-order valence-corrected chi connectivity index (χ2v) is 10.9. The van der Waals surface area contributed by atoms with E-state index in [1.54, 1.807) is 4.90 Å². The molecule has 176 valence electrons. The number of hydrogen-bond donors (Lipinski definition) is 1. The van der Waals surface area contributed by atoms with Gasteiger partial charge in [-0.15, -0.1) is 0 Å². The Morgan fingerprint density at radius 1 is 1.12 bits per heavy atom. The Morgan fingerprint density at radius 3 is 2.42 bits per heavy atom. The molecule has 2 aromatic carbocycles. The van der Waals surface area contributed by atoms with E-state index in [1.807, 2.05) is 54.6 Å². The number of alkyl halides is 2. The average Bonchev–Trinajstić information content (AvgIpc) is 3.49. The number of likely N-dealkylation sites (tertiary alicyclic amines) is 1. The minimum atomic E-state index is -4.80. The van der Waals surface area contributed by atoms with Crippen molar-refractivity contribution in [2.45, 2.75) is 49.6 Å². The van der Waals surface area contributed by atoms with Crippen LogP contribution in [0.25, 0.3) is 11.1 Å². The molecule has 1 amide bonds. The van der Waals surface area contributed by atoms with E-state index in [0.29, 0.717) is 38.8 Å². The zero-order valence-corrected chi connectivity index (χ0v) is 18.8. The molecule has 1 unspecified atom stereocenters. The van der Waals surface area contributed by atoms with Crippen LogP contribution in [0, 0.1) is 5.41 Å². The summed E-state index contributed by atoms with van der Waals surface area (Å²) in [6.45, 7) is 0.867. The van der Waals surface area contributed by atoms with Crippen LogP contribution >= 0.6 is 0 Å². The fraction of sp³-hybridized carbons (Fsp3) is 0.458. The molecule has 9 heteroatoms. The number of nitrogens with zero attached hydrogens (tertiary/aromatic N) is 1. The van der Waals surface area contributed by atoms with Crippen LogP contribution in [0.15, 0.2) is 54.6 Å². The van der Waals surface area contributed by atoms with E-state index in [9.17, 15) is 22.0 Å². The Kier molecular flexibility index (Phi) is 5.74. The second kappa shape index (κ2) is 8.45. The second-order valence-electron chi connectivity index (χ2n) is 9.22. The number of carbonyl (C=O) groups is 1. The molecule has 3 atom stereocenters. The third-order valence-corrected chi connectivity index (χ3v) is 8.14. The monoisotopic (exact) mass is 476 g/mol. The minimum Gasteiger partial charge on any atom is -0.368 e. The van der Waals surface area contributed by atoms with Gasteiger partial charge >= 0.3 is 5.76 Å². The predicted octanol–water partition coefficient (Wildman–Crippen LogP) is 3.19. The average molecular weight is 477 g/mol. The van der Waals surface area contributed by atoms with Crippen LogP contribution in [0.5, 0.6) is 0 Å². The number of sulfonamides is 1. The van der Waals surface area contributed by atoms with E-state index in [0.717, 1.165) is 16.7 Å². The van der Waals surface area contributed by atoms with E-state index in [2.05, 4.69) is 4.72 Å². The topological polar surface area (TPSA) is 75.7 Å². The lowest BCUT2D eigenvalue weighted by molar-refractivity contribution is -0.157. The molecule has 5 rings (SSSR count). The normalized spacial score (nSPS) is 25.9. The summed E-state index contributed by atoms with van der Waals surface area (Å²) < 4.78 is 58.4. The Hall–Kier alpha value is -2.36. The van der Waals surface area contributed by atoms with Gasteiger partial charge < -0.3 is 9.64 Å². The molecule has 1 saturated carbocycles. The molecule has 1 spiro atoms. The fourth-order valence-electron chi connectivity index (χ4n) is 5.04. The molecule has 2 saturated heterocycles. The van der Waals surface area contributed by atoms with Gasteiger partial charge in [-0.3, -0.25) is 4.79 Å². The van der Waals surface area contributed by atoms with Crippen molar-refractivity contribution in [1.29, 1.82) is 0 Å². The summed E-state index contributed by atoms with van der Waals surface area (Å²) in [7, 11) is -4.80. The molecule has 33 heavy (non-hydrogen) atoms. The maximum Gasteiger partial charge on any atom is 0.350 e. The summed E-state index contributed by atoms with van der Waals surface area (Å²) in [4.78, 5) is 14.8. The van der Waals surface area contributed by atoms with E-state index in [4.69, 9.17) is 4.74 Å². The molecule has 0 radical (unpaired) electrons. The molecule has 3 aliphatic rings. The molecular weight excluding hydrogens is 450 g/mol. The molecular formula is C24H26F2N2O4S. The molecule has 0 aromatic heterocycles. The van der Waals surface area contributed by atoms with E-state index >= 15 is 0 Å². The number of amides is 1. The number of carbonyl (C=O) groups excluding carboxylic acids is 1. The van der Waals surface area contributed by atoms with Gasteiger partial charge in [-0.25, -0.2) is 13.1 Å². The first-order valence-electron chi connectivity index (χ1n) is 11.1. The van der Waals surface area contributed by atoms with Gasteiger partial charge in [0.05, 0.1) is 12.6 Å². The summed E-state index contributed by atoms with van der Waals surface area (Å²) in [6.07, 6.45) is 1.83. The van der Waals surface area contributed by atoms with Crippen molar-refractivity contribution < 1.29 is 26.7 Å². The lowest BCUT2D eigenvalue weighted by atomic mass is 9.91. The molecule has 2 heterocycles. The zero-order valence-electron chi connectivity index (χ0n) is 18.0. The van der Waals surface area contributed by atoms with Crippen molar-refractivity contribution in [1.82, 2.24) is 9.62 Å². The van der Waals surface area contributed by atoms with Crippen LogP contribution in [0.2, 0.25) is 0 Å². The van der Waals surface area contributed by atoms with E-state index in [-0.39, 0.29) is 5.91 Å². The summed E-state index contributed by atoms with van der Waals surface area (Å²) in [5.74, 6) is -3.70. The van der Waals surface area contributed by atoms with Crippen LogP contribution in [-0.4, -0.2) is 56.3 Å². The first kappa shape index (κ1) is 22.4. The standard InChI is InChI=1S/C24H26F2N2O4S/c25-23(26)33(30,31)27-21-19(28(15-24(21)10-11-24)22(29)20-9-12-32-20)14-16-5-4-8-18(13-16)17-6-2-1-3-7-17/h1-8,13,19-21,23,27H,9-12,14-15H2/t19-,20?,21+/m0/s1. The van der Waals surface area contributed by atoms with Crippen molar-refractivity contribution in [3.05, 3.63) is 60.2 Å². The van der Waals surface area contributed by atoms with Crippen molar-refractivity contribution in [3.8, 4) is 11.1 Å². The summed E-state index contributed by atoms with van der Waals surface area (Å²) in [5.41, 5.74) is 2.45. The lowest BCUT2D eigenvalue weighted by Crippen LogP contribution is -2.53. The molecule has 3 fully saturated rings. The quantitative estimate of drug-likeness (QED) is 0.666. The maximum atomic E-state index is 13.2. The largest absolute Gasteiger partial charge is 0.368 e. The Morgan fingerprint density at radius 2 is 1.82 bits per heavy atom. The van der Waals surface area contributed by atoms with Crippen molar-refractivity contribution in [2.75, 3.05) is 13.2 Å². The minimum absolute atomic E-state index is 0.185. The molecule has 6 nitrogen and oxygen atoms in total. The van der Waals surface area contributed by atoms with E-state index < -0.39 is 39.4 Å². The van der Waals surface area contributed by atoms with Crippen LogP contribution < -0.4 is 4.72 Å². The number of nitrogens with one attached hydrogen (secondary N) is 1. The third kappa shape index (κ3) is 4.29. The van der Waals surface area contributed by atoms with Crippen LogP contribution in [-0.2, 0) is 26.0 Å². The first-order chi connectivity index (χ1) is 15.8. The molecule has 2 aliphatic heterocycles. The smallest absolute Gasteiger partial charge is 0.350 e. The van der Waals surface area contributed by atoms with Crippen LogP contribution in [0.4, 0.5) is 8.78 Å². The van der Waals surface area contributed by atoms with Crippen LogP contribution in [0.3, 0.4) is 0 Å². The van der Waals surface area contributed by atoms with Gasteiger partial charge in [0.1, 0.15) is 6.10 Å².